The number of piperazine rings is 1. The van der Waals surface area contributed by atoms with E-state index in [0.717, 1.165) is 24.3 Å². The van der Waals surface area contributed by atoms with E-state index in [1.807, 2.05) is 51.9 Å². The molecule has 1 heterocycles. The summed E-state index contributed by atoms with van der Waals surface area (Å²) in [6, 6.07) is 13.6. The van der Waals surface area contributed by atoms with E-state index in [1.165, 1.54) is 0 Å². The lowest BCUT2D eigenvalue weighted by Crippen LogP contribution is -2.48. The Morgan fingerprint density at radius 3 is 1.84 bits per heavy atom. The van der Waals surface area contributed by atoms with Crippen molar-refractivity contribution in [3.63, 3.8) is 0 Å². The molecule has 1 aliphatic heterocycles. The van der Waals surface area contributed by atoms with Gasteiger partial charge in [0.15, 0.2) is 0 Å². The van der Waals surface area contributed by atoms with Gasteiger partial charge in [-0.15, -0.1) is 0 Å². The number of anilines is 1. The molecule has 1 saturated heterocycles. The van der Waals surface area contributed by atoms with Crippen LogP contribution in [0, 0.1) is 6.92 Å². The van der Waals surface area contributed by atoms with Gasteiger partial charge in [0.25, 0.3) is 7.59 Å². The predicted octanol–water partition coefficient (Wildman–Crippen LogP) is 3.12. The van der Waals surface area contributed by atoms with E-state index in [1.54, 1.807) is 45.7 Å². The second-order valence-corrected chi connectivity index (χ2v) is 12.7. The molecule has 8 nitrogen and oxygen atoms in total. The zero-order valence-electron chi connectivity index (χ0n) is 18.7. The monoisotopic (exact) mass is 466 g/mol. The molecular weight excluding hydrogens is 435 g/mol. The van der Waals surface area contributed by atoms with Gasteiger partial charge in [-0.2, -0.15) is 8.42 Å². The first-order chi connectivity index (χ1) is 14.5. The molecule has 10 heteroatoms. The van der Waals surface area contributed by atoms with Crippen molar-refractivity contribution < 1.29 is 17.2 Å². The van der Waals surface area contributed by atoms with E-state index in [2.05, 4.69) is 4.90 Å². The van der Waals surface area contributed by atoms with Crippen LogP contribution < -0.4 is 9.08 Å². The number of hydrogen-bond acceptors (Lipinski definition) is 5. The molecule has 0 unspecified atom stereocenters. The van der Waals surface area contributed by atoms with Crippen molar-refractivity contribution in [2.24, 2.45) is 0 Å². The van der Waals surface area contributed by atoms with E-state index in [-0.39, 0.29) is 10.6 Å². The largest absolute Gasteiger partial charge is 0.379 e. The Morgan fingerprint density at radius 2 is 1.35 bits per heavy atom. The van der Waals surface area contributed by atoms with Crippen LogP contribution in [0.2, 0.25) is 0 Å². The van der Waals surface area contributed by atoms with Gasteiger partial charge in [0.05, 0.1) is 0 Å². The first-order valence-corrected chi connectivity index (χ1v) is 13.1. The van der Waals surface area contributed by atoms with Crippen LogP contribution in [0.5, 0.6) is 5.75 Å². The minimum absolute atomic E-state index is 0.129. The maximum absolute atomic E-state index is 13.4. The highest BCUT2D eigenvalue weighted by atomic mass is 32.2. The first kappa shape index (κ1) is 23.8. The Hall–Kier alpha value is -1.90. The fourth-order valence-corrected chi connectivity index (χ4v) is 7.03. The molecule has 0 N–H and O–H groups in total. The van der Waals surface area contributed by atoms with Gasteiger partial charge >= 0.3 is 10.1 Å². The summed E-state index contributed by atoms with van der Waals surface area (Å²) in [5, 5.41) is 0. The van der Waals surface area contributed by atoms with Crippen LogP contribution in [-0.4, -0.2) is 76.8 Å². The van der Waals surface area contributed by atoms with Gasteiger partial charge in [0.2, 0.25) is 0 Å². The fraction of sp³-hybridized carbons (Fsp3) is 0.429. The average molecular weight is 467 g/mol. The molecule has 0 bridgehead atoms. The lowest BCUT2D eigenvalue weighted by atomic mass is 10.2. The predicted molar refractivity (Wildman–Crippen MR) is 124 cm³/mol. The highest BCUT2D eigenvalue weighted by Gasteiger charge is 2.37. The van der Waals surface area contributed by atoms with Gasteiger partial charge in [-0.1, -0.05) is 17.7 Å². The molecule has 170 valence electrons. The average Bonchev–Trinajstić information content (AvgIpc) is 2.73. The van der Waals surface area contributed by atoms with Crippen LogP contribution in [0.3, 0.4) is 0 Å². The highest BCUT2D eigenvalue weighted by Crippen LogP contribution is 2.53. The fourth-order valence-electron chi connectivity index (χ4n) is 3.67. The van der Waals surface area contributed by atoms with Gasteiger partial charge in [-0.3, -0.25) is 4.57 Å². The van der Waals surface area contributed by atoms with Crippen LogP contribution in [0.4, 0.5) is 5.69 Å². The van der Waals surface area contributed by atoms with Crippen molar-refractivity contribution in [1.82, 2.24) is 14.0 Å². The zero-order chi connectivity index (χ0) is 22.8. The second-order valence-electron chi connectivity index (χ2n) is 7.99. The minimum atomic E-state index is -3.87. The molecule has 0 saturated carbocycles. The summed E-state index contributed by atoms with van der Waals surface area (Å²) in [5.41, 5.74) is 1.96. The highest BCUT2D eigenvalue weighted by molar-refractivity contribution is 7.87. The second kappa shape index (κ2) is 9.30. The summed E-state index contributed by atoms with van der Waals surface area (Å²) in [6.45, 7) is 4.71. The Balaban J connectivity index is 1.65. The third-order valence-corrected chi connectivity index (χ3v) is 9.87. The summed E-state index contributed by atoms with van der Waals surface area (Å²) >= 11 is 0. The van der Waals surface area contributed by atoms with Crippen molar-refractivity contribution in [1.29, 1.82) is 0 Å². The molecule has 0 radical (unpaired) electrons. The van der Waals surface area contributed by atoms with Crippen molar-refractivity contribution >= 4 is 23.4 Å². The van der Waals surface area contributed by atoms with E-state index in [4.69, 9.17) is 4.18 Å². The number of nitrogens with zero attached hydrogens (tertiary/aromatic N) is 4. The molecule has 1 fully saturated rings. The Bertz CT molecular complexity index is 1020. The van der Waals surface area contributed by atoms with Gasteiger partial charge in [0, 0.05) is 31.9 Å². The summed E-state index contributed by atoms with van der Waals surface area (Å²) < 4.78 is 49.3. The summed E-state index contributed by atoms with van der Waals surface area (Å²) in [7, 11) is 0.773. The number of aryl methyl sites for hydroxylation is 1. The smallest absolute Gasteiger partial charge is 0.339 e. The molecule has 0 aliphatic carbocycles. The zero-order valence-corrected chi connectivity index (χ0v) is 20.4. The quantitative estimate of drug-likeness (QED) is 0.455. The first-order valence-electron chi connectivity index (χ1n) is 10.1. The molecule has 1 aliphatic rings. The summed E-state index contributed by atoms with van der Waals surface area (Å²) in [5.74, 6) is 0.271. The molecule has 0 atom stereocenters. The van der Waals surface area contributed by atoms with E-state index >= 15 is 0 Å². The standard InChI is InChI=1S/C21H31N4O4PS/c1-18-6-12-21(13-7-18)31(27,28)29-20-10-8-19(9-11-20)24-14-16-25(17-15-24)30(26,22(2)3)23(4)5/h6-13H,14-17H2,1-5H3. The van der Waals surface area contributed by atoms with Crippen LogP contribution in [0.15, 0.2) is 53.4 Å². The van der Waals surface area contributed by atoms with Gasteiger partial charge in [0.1, 0.15) is 10.6 Å². The number of rotatable bonds is 7. The maximum atomic E-state index is 13.4. The van der Waals surface area contributed by atoms with Crippen molar-refractivity contribution in [3.8, 4) is 5.75 Å². The molecule has 2 aromatic rings. The lowest BCUT2D eigenvalue weighted by Gasteiger charge is -2.44. The van der Waals surface area contributed by atoms with Crippen molar-refractivity contribution in [3.05, 3.63) is 54.1 Å². The third kappa shape index (κ3) is 5.13. The lowest BCUT2D eigenvalue weighted by molar-refractivity contribution is 0.313. The Morgan fingerprint density at radius 1 is 0.839 bits per heavy atom. The van der Waals surface area contributed by atoms with Gasteiger partial charge in [-0.05, 0) is 71.5 Å². The van der Waals surface area contributed by atoms with Crippen molar-refractivity contribution in [2.75, 3.05) is 59.3 Å². The normalized spacial score (nSPS) is 16.2. The van der Waals surface area contributed by atoms with E-state index in [9.17, 15) is 13.0 Å². The Labute approximate surface area is 185 Å². The number of benzene rings is 2. The summed E-state index contributed by atoms with van der Waals surface area (Å²) in [6.07, 6.45) is 0. The number of hydrogen-bond donors (Lipinski definition) is 0. The molecular formula is C21H31N4O4PS. The van der Waals surface area contributed by atoms with Crippen LogP contribution >= 0.6 is 7.59 Å². The summed E-state index contributed by atoms with van der Waals surface area (Å²) in [4.78, 5) is 2.33. The minimum Gasteiger partial charge on any atom is -0.379 e. The van der Waals surface area contributed by atoms with Gasteiger partial charge < -0.3 is 9.08 Å². The van der Waals surface area contributed by atoms with E-state index < -0.39 is 17.7 Å². The maximum Gasteiger partial charge on any atom is 0.339 e. The molecule has 0 amide bonds. The molecule has 0 spiro atoms. The van der Waals surface area contributed by atoms with Crippen LogP contribution in [-0.2, 0) is 14.7 Å². The van der Waals surface area contributed by atoms with Gasteiger partial charge in [-0.25, -0.2) is 14.0 Å². The van der Waals surface area contributed by atoms with E-state index in [0.29, 0.717) is 13.1 Å². The third-order valence-electron chi connectivity index (χ3n) is 5.38. The van der Waals surface area contributed by atoms with Crippen molar-refractivity contribution in [2.45, 2.75) is 11.8 Å². The molecule has 0 aromatic heterocycles. The molecule has 3 rings (SSSR count). The SMILES string of the molecule is Cc1ccc(S(=O)(=O)Oc2ccc(N3CCN(P(=O)(N(C)C)N(C)C)CC3)cc2)cc1. The molecule has 2 aromatic carbocycles. The molecule has 31 heavy (non-hydrogen) atoms. The Kier molecular flexibility index (Phi) is 7.13. The van der Waals surface area contributed by atoms with Crippen LogP contribution in [0.1, 0.15) is 5.56 Å². The topological polar surface area (TPSA) is 73.4 Å². The van der Waals surface area contributed by atoms with Crippen LogP contribution in [0.25, 0.3) is 0 Å².